The van der Waals surface area contributed by atoms with Crippen molar-refractivity contribution in [1.29, 1.82) is 0 Å². The second-order valence-corrected chi connectivity index (χ2v) is 9.23. The van der Waals surface area contributed by atoms with Crippen LogP contribution in [0.3, 0.4) is 0 Å². The molecular weight excluding hydrogens is 416 g/mol. The standard InChI is InChI=1S/C23H25ClN4OS/c1-5-13-28-21(16-9-8-10-17(24)14-16)26-27-22(28)30-15-20(29)25-19-12-7-6-11-18(19)23(2,3)4/h5-12,14H,1,13,15H2,2-4H3,(H,25,29). The number of thioether (sulfide) groups is 1. The van der Waals surface area contributed by atoms with Gasteiger partial charge in [-0.25, -0.2) is 0 Å². The molecule has 156 valence electrons. The van der Waals surface area contributed by atoms with Gasteiger partial charge in [0.1, 0.15) is 0 Å². The van der Waals surface area contributed by atoms with Crippen LogP contribution in [-0.2, 0) is 16.8 Å². The van der Waals surface area contributed by atoms with Gasteiger partial charge in [-0.1, -0.05) is 80.5 Å². The Hall–Kier alpha value is -2.57. The lowest BCUT2D eigenvalue weighted by Crippen LogP contribution is -2.20. The van der Waals surface area contributed by atoms with Crippen molar-refractivity contribution in [3.63, 3.8) is 0 Å². The van der Waals surface area contributed by atoms with Crippen LogP contribution in [0.15, 0.2) is 66.3 Å². The van der Waals surface area contributed by atoms with Crippen molar-refractivity contribution in [3.8, 4) is 11.4 Å². The summed E-state index contributed by atoms with van der Waals surface area (Å²) in [4.78, 5) is 12.6. The number of allylic oxidation sites excluding steroid dienone is 1. The van der Waals surface area contributed by atoms with Gasteiger partial charge in [0.15, 0.2) is 11.0 Å². The minimum Gasteiger partial charge on any atom is -0.325 e. The van der Waals surface area contributed by atoms with Crippen molar-refractivity contribution in [2.45, 2.75) is 37.9 Å². The summed E-state index contributed by atoms with van der Waals surface area (Å²) in [6.45, 7) is 10.7. The Morgan fingerprint density at radius 2 is 1.97 bits per heavy atom. The van der Waals surface area contributed by atoms with Gasteiger partial charge < -0.3 is 5.32 Å². The summed E-state index contributed by atoms with van der Waals surface area (Å²) in [5.74, 6) is 0.830. The van der Waals surface area contributed by atoms with Crippen LogP contribution in [0.2, 0.25) is 5.02 Å². The third-order valence-corrected chi connectivity index (χ3v) is 5.65. The van der Waals surface area contributed by atoms with Crippen LogP contribution >= 0.6 is 23.4 Å². The number of halogens is 1. The van der Waals surface area contributed by atoms with Crippen molar-refractivity contribution in [2.24, 2.45) is 0 Å². The van der Waals surface area contributed by atoms with Gasteiger partial charge in [0.25, 0.3) is 0 Å². The highest BCUT2D eigenvalue weighted by Crippen LogP contribution is 2.30. The van der Waals surface area contributed by atoms with E-state index in [4.69, 9.17) is 11.6 Å². The Balaban J connectivity index is 1.75. The normalized spacial score (nSPS) is 11.3. The molecule has 2 aromatic carbocycles. The van der Waals surface area contributed by atoms with E-state index in [1.165, 1.54) is 11.8 Å². The van der Waals surface area contributed by atoms with Gasteiger partial charge in [0.2, 0.25) is 5.91 Å². The number of benzene rings is 2. The lowest BCUT2D eigenvalue weighted by atomic mass is 9.86. The topological polar surface area (TPSA) is 59.8 Å². The summed E-state index contributed by atoms with van der Waals surface area (Å²) in [6.07, 6.45) is 1.78. The number of hydrogen-bond donors (Lipinski definition) is 1. The highest BCUT2D eigenvalue weighted by atomic mass is 35.5. The third-order valence-electron chi connectivity index (χ3n) is 4.45. The molecule has 0 saturated carbocycles. The molecule has 1 heterocycles. The van der Waals surface area contributed by atoms with Crippen LogP contribution in [0.1, 0.15) is 26.3 Å². The first-order valence-corrected chi connectivity index (χ1v) is 11.0. The SMILES string of the molecule is C=CCn1c(SCC(=O)Nc2ccccc2C(C)(C)C)nnc1-c1cccc(Cl)c1. The smallest absolute Gasteiger partial charge is 0.234 e. The molecule has 0 unspecified atom stereocenters. The lowest BCUT2D eigenvalue weighted by Gasteiger charge is -2.22. The Labute approximate surface area is 186 Å². The largest absolute Gasteiger partial charge is 0.325 e. The van der Waals surface area contributed by atoms with E-state index in [0.29, 0.717) is 22.5 Å². The maximum absolute atomic E-state index is 12.6. The molecule has 0 saturated heterocycles. The van der Waals surface area contributed by atoms with E-state index in [9.17, 15) is 4.79 Å². The fourth-order valence-corrected chi connectivity index (χ4v) is 4.03. The minimum absolute atomic E-state index is 0.0625. The molecule has 0 bridgehead atoms. The molecule has 0 fully saturated rings. The predicted molar refractivity (Wildman–Crippen MR) is 125 cm³/mol. The van der Waals surface area contributed by atoms with Crippen molar-refractivity contribution in [1.82, 2.24) is 14.8 Å². The molecule has 0 aliphatic heterocycles. The van der Waals surface area contributed by atoms with E-state index in [2.05, 4.69) is 42.9 Å². The Morgan fingerprint density at radius 1 is 1.20 bits per heavy atom. The van der Waals surface area contributed by atoms with E-state index >= 15 is 0 Å². The molecule has 1 aromatic heterocycles. The summed E-state index contributed by atoms with van der Waals surface area (Å²) in [7, 11) is 0. The average Bonchev–Trinajstić information content (AvgIpc) is 3.09. The molecule has 0 radical (unpaired) electrons. The first-order valence-electron chi connectivity index (χ1n) is 9.62. The second kappa shape index (κ2) is 9.49. The monoisotopic (exact) mass is 440 g/mol. The lowest BCUT2D eigenvalue weighted by molar-refractivity contribution is -0.113. The van der Waals surface area contributed by atoms with Crippen LogP contribution in [-0.4, -0.2) is 26.4 Å². The number of amides is 1. The number of para-hydroxylation sites is 1. The zero-order chi connectivity index (χ0) is 21.7. The number of carbonyl (C=O) groups excluding carboxylic acids is 1. The highest BCUT2D eigenvalue weighted by molar-refractivity contribution is 7.99. The molecule has 0 aliphatic carbocycles. The molecule has 3 aromatic rings. The quantitative estimate of drug-likeness (QED) is 0.372. The van der Waals surface area contributed by atoms with E-state index in [1.807, 2.05) is 53.1 Å². The first-order chi connectivity index (χ1) is 14.3. The molecule has 5 nitrogen and oxygen atoms in total. The molecule has 1 N–H and O–H groups in total. The molecule has 0 atom stereocenters. The first kappa shape index (κ1) is 22.1. The van der Waals surface area contributed by atoms with Gasteiger partial charge in [0, 0.05) is 22.8 Å². The zero-order valence-electron chi connectivity index (χ0n) is 17.4. The predicted octanol–water partition coefficient (Wildman–Crippen LogP) is 5.81. The van der Waals surface area contributed by atoms with Gasteiger partial charge in [-0.05, 0) is 29.2 Å². The molecule has 1 amide bonds. The summed E-state index contributed by atoms with van der Waals surface area (Å²) in [5, 5.41) is 12.9. The third kappa shape index (κ3) is 5.32. The van der Waals surface area contributed by atoms with E-state index in [0.717, 1.165) is 16.8 Å². The van der Waals surface area contributed by atoms with Crippen molar-refractivity contribution >= 4 is 35.0 Å². The molecule has 7 heteroatoms. The number of hydrogen-bond acceptors (Lipinski definition) is 4. The van der Waals surface area contributed by atoms with Gasteiger partial charge >= 0.3 is 0 Å². The minimum atomic E-state index is -0.0887. The molecule has 0 aliphatic rings. The van der Waals surface area contributed by atoms with E-state index in [-0.39, 0.29) is 17.1 Å². The second-order valence-electron chi connectivity index (χ2n) is 7.85. The van der Waals surface area contributed by atoms with Crippen molar-refractivity contribution in [3.05, 3.63) is 71.8 Å². The van der Waals surface area contributed by atoms with Gasteiger partial charge in [-0.3, -0.25) is 9.36 Å². The Kier molecular flexibility index (Phi) is 7.00. The average molecular weight is 441 g/mol. The summed E-state index contributed by atoms with van der Waals surface area (Å²) >= 11 is 7.46. The fraction of sp³-hybridized carbons (Fsp3) is 0.261. The summed E-state index contributed by atoms with van der Waals surface area (Å²) in [5.41, 5.74) is 2.74. The number of rotatable bonds is 7. The molecule has 0 spiro atoms. The maximum Gasteiger partial charge on any atom is 0.234 e. The van der Waals surface area contributed by atoms with Crippen molar-refractivity contribution in [2.75, 3.05) is 11.1 Å². The van der Waals surface area contributed by atoms with Crippen LogP contribution in [0.25, 0.3) is 11.4 Å². The van der Waals surface area contributed by atoms with Crippen LogP contribution in [0.5, 0.6) is 0 Å². The van der Waals surface area contributed by atoms with Crippen LogP contribution in [0, 0.1) is 0 Å². The Bertz CT molecular complexity index is 1060. The van der Waals surface area contributed by atoms with Crippen LogP contribution in [0.4, 0.5) is 5.69 Å². The highest BCUT2D eigenvalue weighted by Gasteiger charge is 2.19. The fourth-order valence-electron chi connectivity index (χ4n) is 3.09. The van der Waals surface area contributed by atoms with Gasteiger partial charge in [-0.15, -0.1) is 16.8 Å². The van der Waals surface area contributed by atoms with Crippen molar-refractivity contribution < 1.29 is 4.79 Å². The number of aromatic nitrogens is 3. The molecule has 3 rings (SSSR count). The van der Waals surface area contributed by atoms with E-state index in [1.54, 1.807) is 6.08 Å². The van der Waals surface area contributed by atoms with Gasteiger partial charge in [0.05, 0.1) is 5.75 Å². The number of nitrogens with zero attached hydrogens (tertiary/aromatic N) is 3. The van der Waals surface area contributed by atoms with Crippen LogP contribution < -0.4 is 5.32 Å². The summed E-state index contributed by atoms with van der Waals surface area (Å²) < 4.78 is 1.93. The number of anilines is 1. The van der Waals surface area contributed by atoms with E-state index < -0.39 is 0 Å². The maximum atomic E-state index is 12.6. The number of nitrogens with one attached hydrogen (secondary N) is 1. The number of carbonyl (C=O) groups is 1. The molecular formula is C23H25ClN4OS. The molecule has 30 heavy (non-hydrogen) atoms. The Morgan fingerprint density at radius 3 is 2.67 bits per heavy atom. The summed E-state index contributed by atoms with van der Waals surface area (Å²) in [6, 6.07) is 15.3. The zero-order valence-corrected chi connectivity index (χ0v) is 18.9. The van der Waals surface area contributed by atoms with Gasteiger partial charge in [-0.2, -0.15) is 0 Å².